The molecular weight excluding hydrogens is 222 g/mol. The number of carbonyl (C=O) groups excluding carboxylic acids is 1. The number of ether oxygens (including phenoxy) is 1. The minimum absolute atomic E-state index is 0.0399. The first-order valence-corrected chi connectivity index (χ1v) is 6.75. The molecule has 1 N–H and O–H groups in total. The molecule has 0 atom stereocenters. The summed E-state index contributed by atoms with van der Waals surface area (Å²) in [4.78, 5) is 11.3. The number of esters is 1. The highest BCUT2D eigenvalue weighted by atomic mass is 32.2. The van der Waals surface area contributed by atoms with Crippen molar-refractivity contribution < 1.29 is 9.53 Å². The van der Waals surface area contributed by atoms with Crippen molar-refractivity contribution in [1.29, 1.82) is 0 Å². The SMILES string of the molecule is COC(=O)C1CCC(NSC(C)(C)C)CC1. The fourth-order valence-electron chi connectivity index (χ4n) is 1.87. The van der Waals surface area contributed by atoms with E-state index in [1.807, 2.05) is 0 Å². The van der Waals surface area contributed by atoms with Gasteiger partial charge in [0.05, 0.1) is 13.0 Å². The normalized spacial score (nSPS) is 26.5. The van der Waals surface area contributed by atoms with E-state index in [1.54, 1.807) is 11.9 Å². The van der Waals surface area contributed by atoms with Crippen LogP contribution in [0.25, 0.3) is 0 Å². The zero-order valence-electron chi connectivity index (χ0n) is 10.7. The van der Waals surface area contributed by atoms with E-state index >= 15 is 0 Å². The molecule has 1 fully saturated rings. The number of hydrogen-bond donors (Lipinski definition) is 1. The summed E-state index contributed by atoms with van der Waals surface area (Å²) in [5.74, 6) is 0.0876. The van der Waals surface area contributed by atoms with Gasteiger partial charge >= 0.3 is 5.97 Å². The molecule has 4 heteroatoms. The lowest BCUT2D eigenvalue weighted by Crippen LogP contribution is -2.33. The van der Waals surface area contributed by atoms with Gasteiger partial charge in [-0.3, -0.25) is 9.52 Å². The molecule has 0 aromatic heterocycles. The molecule has 16 heavy (non-hydrogen) atoms. The first-order chi connectivity index (χ1) is 7.42. The van der Waals surface area contributed by atoms with Crippen molar-refractivity contribution in [1.82, 2.24) is 4.72 Å². The summed E-state index contributed by atoms with van der Waals surface area (Å²) >= 11 is 1.79. The van der Waals surface area contributed by atoms with Crippen LogP contribution in [0, 0.1) is 5.92 Å². The summed E-state index contributed by atoms with van der Waals surface area (Å²) in [5, 5.41) is 0. The number of nitrogens with one attached hydrogen (secondary N) is 1. The van der Waals surface area contributed by atoms with Crippen LogP contribution >= 0.6 is 11.9 Å². The summed E-state index contributed by atoms with van der Waals surface area (Å²) in [6, 6.07) is 0.546. The zero-order chi connectivity index (χ0) is 12.2. The number of hydrogen-bond acceptors (Lipinski definition) is 4. The summed E-state index contributed by atoms with van der Waals surface area (Å²) in [6.45, 7) is 6.60. The molecule has 0 saturated heterocycles. The van der Waals surface area contributed by atoms with E-state index in [9.17, 15) is 4.79 Å². The molecule has 0 aromatic rings. The Bertz CT molecular complexity index is 230. The summed E-state index contributed by atoms with van der Waals surface area (Å²) < 4.78 is 8.53. The Kier molecular flexibility index (Phi) is 5.12. The summed E-state index contributed by atoms with van der Waals surface area (Å²) in [6.07, 6.45) is 4.05. The number of rotatable bonds is 3. The van der Waals surface area contributed by atoms with Gasteiger partial charge in [0.2, 0.25) is 0 Å². The maximum Gasteiger partial charge on any atom is 0.308 e. The van der Waals surface area contributed by atoms with Crippen LogP contribution in [0.1, 0.15) is 46.5 Å². The van der Waals surface area contributed by atoms with Crippen molar-refractivity contribution in [2.45, 2.75) is 57.2 Å². The molecule has 0 radical (unpaired) electrons. The average molecular weight is 245 g/mol. The third kappa shape index (κ3) is 4.74. The molecule has 0 spiro atoms. The first kappa shape index (κ1) is 13.8. The second-order valence-electron chi connectivity index (χ2n) is 5.40. The van der Waals surface area contributed by atoms with Crippen molar-refractivity contribution >= 4 is 17.9 Å². The van der Waals surface area contributed by atoms with E-state index in [1.165, 1.54) is 7.11 Å². The highest BCUT2D eigenvalue weighted by Gasteiger charge is 2.27. The van der Waals surface area contributed by atoms with Crippen LogP contribution in [0.4, 0.5) is 0 Å². The van der Waals surface area contributed by atoms with Crippen molar-refractivity contribution in [3.05, 3.63) is 0 Å². The van der Waals surface area contributed by atoms with Crippen molar-refractivity contribution in [2.24, 2.45) is 5.92 Å². The molecule has 0 aliphatic heterocycles. The Hall–Kier alpha value is -0.220. The third-order valence-corrected chi connectivity index (χ3v) is 3.86. The Morgan fingerprint density at radius 2 is 1.81 bits per heavy atom. The van der Waals surface area contributed by atoms with Gasteiger partial charge in [-0.1, -0.05) is 11.9 Å². The minimum atomic E-state index is -0.0399. The molecule has 94 valence electrons. The molecular formula is C12H23NO2S. The van der Waals surface area contributed by atoms with E-state index in [-0.39, 0.29) is 16.6 Å². The lowest BCUT2D eigenvalue weighted by atomic mass is 9.86. The quantitative estimate of drug-likeness (QED) is 0.613. The van der Waals surface area contributed by atoms with Crippen LogP contribution < -0.4 is 4.72 Å². The topological polar surface area (TPSA) is 38.3 Å². The molecule has 1 aliphatic rings. The summed E-state index contributed by atoms with van der Waals surface area (Å²) in [7, 11) is 1.47. The second-order valence-corrected chi connectivity index (χ2v) is 7.07. The number of methoxy groups -OCH3 is 1. The molecule has 3 nitrogen and oxygen atoms in total. The van der Waals surface area contributed by atoms with Gasteiger partial charge in [0.25, 0.3) is 0 Å². The fraction of sp³-hybridized carbons (Fsp3) is 0.917. The standard InChI is InChI=1S/C12H23NO2S/c1-12(2,3)16-13-10-7-5-9(6-8-10)11(14)15-4/h9-10,13H,5-8H2,1-4H3. The molecule has 0 aromatic carbocycles. The maximum atomic E-state index is 11.3. The number of carbonyl (C=O) groups is 1. The molecule has 0 amide bonds. The van der Waals surface area contributed by atoms with E-state index in [0.717, 1.165) is 25.7 Å². The van der Waals surface area contributed by atoms with Gasteiger partial charge in [-0.2, -0.15) is 0 Å². The monoisotopic (exact) mass is 245 g/mol. The Morgan fingerprint density at radius 3 is 2.25 bits per heavy atom. The summed E-state index contributed by atoms with van der Waals surface area (Å²) in [5.41, 5.74) is 0. The highest BCUT2D eigenvalue weighted by Crippen LogP contribution is 2.28. The lowest BCUT2D eigenvalue weighted by molar-refractivity contribution is -0.146. The van der Waals surface area contributed by atoms with Gasteiger partial charge in [0.1, 0.15) is 0 Å². The van der Waals surface area contributed by atoms with E-state index in [4.69, 9.17) is 4.74 Å². The van der Waals surface area contributed by atoms with Crippen LogP contribution in [0.3, 0.4) is 0 Å². The van der Waals surface area contributed by atoms with Crippen LogP contribution in [-0.4, -0.2) is 23.9 Å². The predicted octanol–water partition coefficient (Wildman–Crippen LogP) is 2.75. The maximum absolute atomic E-state index is 11.3. The first-order valence-electron chi connectivity index (χ1n) is 5.94. The van der Waals surface area contributed by atoms with Crippen molar-refractivity contribution in [3.8, 4) is 0 Å². The van der Waals surface area contributed by atoms with E-state index < -0.39 is 0 Å². The zero-order valence-corrected chi connectivity index (χ0v) is 11.5. The molecule has 0 unspecified atom stereocenters. The molecule has 1 rings (SSSR count). The molecule has 0 heterocycles. The van der Waals surface area contributed by atoms with Gasteiger partial charge < -0.3 is 4.74 Å². The third-order valence-electron chi connectivity index (χ3n) is 2.79. The Labute approximate surface area is 103 Å². The Balaban J connectivity index is 2.24. The van der Waals surface area contributed by atoms with Crippen molar-refractivity contribution in [2.75, 3.05) is 7.11 Å². The average Bonchev–Trinajstić information content (AvgIpc) is 2.25. The van der Waals surface area contributed by atoms with Crippen LogP contribution in [-0.2, 0) is 9.53 Å². The molecule has 1 aliphatic carbocycles. The Morgan fingerprint density at radius 1 is 1.25 bits per heavy atom. The smallest absolute Gasteiger partial charge is 0.308 e. The van der Waals surface area contributed by atoms with Crippen LogP contribution in [0.15, 0.2) is 0 Å². The molecule has 0 bridgehead atoms. The van der Waals surface area contributed by atoms with Gasteiger partial charge in [0, 0.05) is 10.8 Å². The van der Waals surface area contributed by atoms with Gasteiger partial charge in [-0.25, -0.2) is 0 Å². The van der Waals surface area contributed by atoms with Gasteiger partial charge in [0.15, 0.2) is 0 Å². The van der Waals surface area contributed by atoms with Crippen LogP contribution in [0.2, 0.25) is 0 Å². The van der Waals surface area contributed by atoms with Gasteiger partial charge in [-0.15, -0.1) is 0 Å². The largest absolute Gasteiger partial charge is 0.469 e. The van der Waals surface area contributed by atoms with Crippen LogP contribution in [0.5, 0.6) is 0 Å². The molecule has 1 saturated carbocycles. The van der Waals surface area contributed by atoms with Crippen molar-refractivity contribution in [3.63, 3.8) is 0 Å². The fourth-order valence-corrected chi connectivity index (χ4v) is 2.63. The van der Waals surface area contributed by atoms with Gasteiger partial charge in [-0.05, 0) is 46.5 Å². The highest BCUT2D eigenvalue weighted by molar-refractivity contribution is 7.98. The second kappa shape index (κ2) is 5.92. The lowest BCUT2D eigenvalue weighted by Gasteiger charge is -2.29. The van der Waals surface area contributed by atoms with E-state index in [0.29, 0.717) is 6.04 Å². The predicted molar refractivity (Wildman–Crippen MR) is 68.2 cm³/mol. The minimum Gasteiger partial charge on any atom is -0.469 e. The van der Waals surface area contributed by atoms with E-state index in [2.05, 4.69) is 25.5 Å².